The number of benzene rings is 1. The smallest absolute Gasteiger partial charge is 0.328 e. The first kappa shape index (κ1) is 17.2. The number of H-pyrrole nitrogens is 1. The van der Waals surface area contributed by atoms with Gasteiger partial charge in [0.05, 0.1) is 5.52 Å². The van der Waals surface area contributed by atoms with Gasteiger partial charge in [-0.15, -0.1) is 11.3 Å². The van der Waals surface area contributed by atoms with Crippen molar-refractivity contribution >= 4 is 27.5 Å². The van der Waals surface area contributed by atoms with Gasteiger partial charge in [0.1, 0.15) is 4.70 Å². The third kappa shape index (κ3) is 4.06. The Morgan fingerprint density at radius 3 is 2.72 bits per heavy atom. The van der Waals surface area contributed by atoms with Crippen molar-refractivity contribution in [2.24, 2.45) is 0 Å². The van der Waals surface area contributed by atoms with E-state index in [2.05, 4.69) is 10.3 Å². The van der Waals surface area contributed by atoms with Crippen LogP contribution in [0.25, 0.3) is 10.2 Å². The standard InChI is InChI=1S/C18H19N3O3S/c1-12-2-4-13(5-3-12)6-9-19-15(22)7-10-21-17(23)16-14(8-11-25-16)20-18(21)24/h2-5,8,11H,6-7,9-10H2,1H3,(H,19,22)(H,20,24). The zero-order chi connectivity index (χ0) is 17.8. The van der Waals surface area contributed by atoms with Crippen LogP contribution in [0.4, 0.5) is 0 Å². The van der Waals surface area contributed by atoms with Crippen LogP contribution >= 0.6 is 11.3 Å². The molecule has 2 heterocycles. The summed E-state index contributed by atoms with van der Waals surface area (Å²) < 4.78 is 1.58. The molecular formula is C18H19N3O3S. The predicted molar refractivity (Wildman–Crippen MR) is 99.2 cm³/mol. The van der Waals surface area contributed by atoms with Gasteiger partial charge in [-0.3, -0.25) is 14.2 Å². The Morgan fingerprint density at radius 2 is 1.96 bits per heavy atom. The van der Waals surface area contributed by atoms with Crippen molar-refractivity contribution in [1.82, 2.24) is 14.9 Å². The van der Waals surface area contributed by atoms with Gasteiger partial charge in [0.15, 0.2) is 0 Å². The Morgan fingerprint density at radius 1 is 1.20 bits per heavy atom. The summed E-state index contributed by atoms with van der Waals surface area (Å²) in [5.74, 6) is -0.176. The van der Waals surface area contributed by atoms with E-state index in [0.29, 0.717) is 16.8 Å². The number of carbonyl (C=O) groups excluding carboxylic acids is 1. The molecule has 0 bridgehead atoms. The second-order valence-electron chi connectivity index (χ2n) is 5.89. The molecule has 0 aliphatic rings. The first-order chi connectivity index (χ1) is 12.0. The van der Waals surface area contributed by atoms with Gasteiger partial charge in [-0.05, 0) is 30.4 Å². The van der Waals surface area contributed by atoms with Crippen LogP contribution in [0.3, 0.4) is 0 Å². The van der Waals surface area contributed by atoms with Gasteiger partial charge in [-0.2, -0.15) is 0 Å². The molecular weight excluding hydrogens is 338 g/mol. The van der Waals surface area contributed by atoms with Crippen molar-refractivity contribution in [2.75, 3.05) is 6.54 Å². The fraction of sp³-hybridized carbons (Fsp3) is 0.278. The largest absolute Gasteiger partial charge is 0.356 e. The molecule has 0 radical (unpaired) electrons. The Balaban J connectivity index is 1.55. The molecule has 0 fully saturated rings. The third-order valence-corrected chi connectivity index (χ3v) is 4.91. The lowest BCUT2D eigenvalue weighted by Crippen LogP contribution is -2.36. The van der Waals surface area contributed by atoms with Crippen molar-refractivity contribution in [3.05, 3.63) is 67.7 Å². The minimum atomic E-state index is -0.483. The second kappa shape index (κ2) is 7.48. The molecule has 2 N–H and O–H groups in total. The van der Waals surface area contributed by atoms with Crippen LogP contribution in [0, 0.1) is 6.92 Å². The Hall–Kier alpha value is -2.67. The summed E-state index contributed by atoms with van der Waals surface area (Å²) in [6.07, 6.45) is 0.835. The summed E-state index contributed by atoms with van der Waals surface area (Å²) in [6.45, 7) is 2.62. The maximum Gasteiger partial charge on any atom is 0.328 e. The van der Waals surface area contributed by atoms with Gasteiger partial charge < -0.3 is 10.3 Å². The number of hydrogen-bond donors (Lipinski definition) is 2. The van der Waals surface area contributed by atoms with Crippen LogP contribution in [-0.4, -0.2) is 22.0 Å². The minimum Gasteiger partial charge on any atom is -0.356 e. The molecule has 2 aromatic heterocycles. The first-order valence-electron chi connectivity index (χ1n) is 8.07. The van der Waals surface area contributed by atoms with Gasteiger partial charge in [0.25, 0.3) is 5.56 Å². The fourth-order valence-electron chi connectivity index (χ4n) is 2.58. The zero-order valence-corrected chi connectivity index (χ0v) is 14.7. The van der Waals surface area contributed by atoms with Crippen molar-refractivity contribution < 1.29 is 4.79 Å². The molecule has 1 aromatic carbocycles. The van der Waals surface area contributed by atoms with Crippen LogP contribution in [0.15, 0.2) is 45.3 Å². The van der Waals surface area contributed by atoms with E-state index >= 15 is 0 Å². The highest BCUT2D eigenvalue weighted by molar-refractivity contribution is 7.17. The van der Waals surface area contributed by atoms with Gasteiger partial charge in [-0.1, -0.05) is 29.8 Å². The number of thiophene rings is 1. The molecule has 25 heavy (non-hydrogen) atoms. The number of aromatic amines is 1. The molecule has 0 spiro atoms. The summed E-state index contributed by atoms with van der Waals surface area (Å²) in [4.78, 5) is 38.9. The minimum absolute atomic E-state index is 0.0678. The number of nitrogens with one attached hydrogen (secondary N) is 2. The Bertz CT molecular complexity index is 999. The van der Waals surface area contributed by atoms with Crippen LogP contribution in [0.2, 0.25) is 0 Å². The summed E-state index contributed by atoms with van der Waals surface area (Å²) >= 11 is 1.28. The number of aryl methyl sites for hydroxylation is 1. The van der Waals surface area contributed by atoms with Crippen LogP contribution in [0.1, 0.15) is 17.5 Å². The first-order valence-corrected chi connectivity index (χ1v) is 8.95. The molecule has 1 amide bonds. The summed E-state index contributed by atoms with van der Waals surface area (Å²) in [5.41, 5.74) is 2.07. The molecule has 130 valence electrons. The van der Waals surface area contributed by atoms with Crippen molar-refractivity contribution in [1.29, 1.82) is 0 Å². The average Bonchev–Trinajstić information content (AvgIpc) is 3.05. The van der Waals surface area contributed by atoms with Crippen LogP contribution in [-0.2, 0) is 17.8 Å². The number of nitrogens with zero attached hydrogens (tertiary/aromatic N) is 1. The lowest BCUT2D eigenvalue weighted by Gasteiger charge is -2.07. The quantitative estimate of drug-likeness (QED) is 0.706. The lowest BCUT2D eigenvalue weighted by molar-refractivity contribution is -0.121. The van der Waals surface area contributed by atoms with Crippen molar-refractivity contribution in [2.45, 2.75) is 26.3 Å². The molecule has 0 saturated carbocycles. The highest BCUT2D eigenvalue weighted by Gasteiger charge is 2.10. The van der Waals surface area contributed by atoms with E-state index in [1.54, 1.807) is 11.4 Å². The lowest BCUT2D eigenvalue weighted by atomic mass is 10.1. The summed E-state index contributed by atoms with van der Waals surface area (Å²) in [5, 5.41) is 4.58. The van der Waals surface area contributed by atoms with E-state index in [1.807, 2.05) is 31.2 Å². The molecule has 0 aliphatic heterocycles. The maximum atomic E-state index is 12.3. The topological polar surface area (TPSA) is 84.0 Å². The van der Waals surface area contributed by atoms with Crippen LogP contribution < -0.4 is 16.6 Å². The number of aromatic nitrogens is 2. The number of hydrogen-bond acceptors (Lipinski definition) is 4. The van der Waals surface area contributed by atoms with Gasteiger partial charge in [-0.25, -0.2) is 4.79 Å². The average molecular weight is 357 g/mol. The van der Waals surface area contributed by atoms with Gasteiger partial charge in [0.2, 0.25) is 5.91 Å². The molecule has 0 saturated heterocycles. The second-order valence-corrected chi connectivity index (χ2v) is 6.80. The normalized spacial score (nSPS) is 10.9. The van der Waals surface area contributed by atoms with Gasteiger partial charge >= 0.3 is 5.69 Å². The molecule has 0 unspecified atom stereocenters. The zero-order valence-electron chi connectivity index (χ0n) is 13.9. The Kier molecular flexibility index (Phi) is 5.14. The van der Waals surface area contributed by atoms with E-state index in [0.717, 1.165) is 16.6 Å². The molecule has 3 aromatic rings. The molecule has 6 nitrogen and oxygen atoms in total. The van der Waals surface area contributed by atoms with E-state index in [9.17, 15) is 14.4 Å². The number of fused-ring (bicyclic) bond motifs is 1. The van der Waals surface area contributed by atoms with Gasteiger partial charge in [0, 0.05) is 19.5 Å². The van der Waals surface area contributed by atoms with Crippen molar-refractivity contribution in [3.63, 3.8) is 0 Å². The summed E-state index contributed by atoms with van der Waals surface area (Å²) in [7, 11) is 0. The van der Waals surface area contributed by atoms with E-state index < -0.39 is 5.69 Å². The number of rotatable bonds is 6. The number of amides is 1. The highest BCUT2D eigenvalue weighted by atomic mass is 32.1. The van der Waals surface area contributed by atoms with Crippen molar-refractivity contribution in [3.8, 4) is 0 Å². The Labute approximate surface area is 148 Å². The maximum absolute atomic E-state index is 12.3. The van der Waals surface area contributed by atoms with E-state index in [1.165, 1.54) is 16.9 Å². The van der Waals surface area contributed by atoms with Crippen LogP contribution in [0.5, 0.6) is 0 Å². The summed E-state index contributed by atoms with van der Waals surface area (Å²) in [6, 6.07) is 9.85. The van der Waals surface area contributed by atoms with E-state index in [4.69, 9.17) is 0 Å². The molecule has 0 atom stereocenters. The number of carbonyl (C=O) groups is 1. The monoisotopic (exact) mass is 357 g/mol. The fourth-order valence-corrected chi connectivity index (χ4v) is 3.37. The van der Waals surface area contributed by atoms with E-state index in [-0.39, 0.29) is 24.4 Å². The predicted octanol–water partition coefficient (Wildman–Crippen LogP) is 1.81. The molecule has 3 rings (SSSR count). The molecule has 0 aliphatic carbocycles. The molecule has 7 heteroatoms. The highest BCUT2D eigenvalue weighted by Crippen LogP contribution is 2.12. The third-order valence-electron chi connectivity index (χ3n) is 4.01. The SMILES string of the molecule is Cc1ccc(CCNC(=O)CCn2c(=O)[nH]c3ccsc3c2=O)cc1.